The van der Waals surface area contributed by atoms with E-state index < -0.39 is 5.92 Å². The average Bonchev–Trinajstić information content (AvgIpc) is 2.61. The summed E-state index contributed by atoms with van der Waals surface area (Å²) in [6.45, 7) is 2.83. The van der Waals surface area contributed by atoms with Gasteiger partial charge in [0.05, 0.1) is 24.7 Å². The summed E-state index contributed by atoms with van der Waals surface area (Å²) in [6.07, 6.45) is 9.20. The third-order valence-corrected chi connectivity index (χ3v) is 4.62. The van der Waals surface area contributed by atoms with Crippen molar-refractivity contribution in [1.82, 2.24) is 0 Å². The number of carbonyl (C=O) groups is 2. The Morgan fingerprint density at radius 2 is 1.36 bits per heavy atom. The monoisotopic (exact) mass is 346 g/mol. The van der Waals surface area contributed by atoms with Crippen molar-refractivity contribution in [2.45, 2.75) is 64.7 Å². The molecule has 1 aliphatic rings. The normalized spacial score (nSPS) is 22.0. The van der Waals surface area contributed by atoms with Gasteiger partial charge in [0.15, 0.2) is 5.78 Å². The van der Waals surface area contributed by atoms with Crippen LogP contribution in [0.15, 0.2) is 24.3 Å². The van der Waals surface area contributed by atoms with Crippen LogP contribution in [0.5, 0.6) is 5.75 Å². The van der Waals surface area contributed by atoms with Crippen LogP contribution in [0.25, 0.3) is 0 Å². The summed E-state index contributed by atoms with van der Waals surface area (Å²) in [6, 6.07) is 7.30. The number of esters is 1. The fraction of sp³-hybridized carbons (Fsp3) is 0.619. The Labute approximate surface area is 150 Å². The molecule has 4 heteroatoms. The molecule has 1 unspecified atom stereocenters. The Bertz CT molecular complexity index is 553. The van der Waals surface area contributed by atoms with Gasteiger partial charge in [0.25, 0.3) is 0 Å². The number of ether oxygens (including phenoxy) is 2. The summed E-state index contributed by atoms with van der Waals surface area (Å²) >= 11 is 0. The van der Waals surface area contributed by atoms with E-state index >= 15 is 0 Å². The molecule has 0 spiro atoms. The molecule has 0 saturated heterocycles. The molecule has 1 aromatic carbocycles. The Hall–Kier alpha value is -1.84. The van der Waals surface area contributed by atoms with Gasteiger partial charge >= 0.3 is 5.97 Å². The molecule has 4 nitrogen and oxygen atoms in total. The van der Waals surface area contributed by atoms with E-state index in [0.29, 0.717) is 24.5 Å². The third-order valence-electron chi connectivity index (χ3n) is 4.62. The number of carbonyl (C=O) groups excluding carboxylic acids is 2. The summed E-state index contributed by atoms with van der Waals surface area (Å²) in [4.78, 5) is 24.6. The van der Waals surface area contributed by atoms with Gasteiger partial charge in [-0.15, -0.1) is 0 Å². The number of hydrogen-bond acceptors (Lipinski definition) is 4. The maximum Gasteiger partial charge on any atom is 0.309 e. The minimum atomic E-state index is -0.431. The number of ketones is 1. The van der Waals surface area contributed by atoms with Crippen LogP contribution in [-0.2, 0) is 9.53 Å². The summed E-state index contributed by atoms with van der Waals surface area (Å²) < 4.78 is 11.1. The molecule has 25 heavy (non-hydrogen) atoms. The van der Waals surface area contributed by atoms with Gasteiger partial charge in [-0.05, 0) is 25.0 Å². The third kappa shape index (κ3) is 6.89. The number of benzene rings is 1. The molecule has 1 aromatic rings. The molecule has 0 fully saturated rings. The van der Waals surface area contributed by atoms with Gasteiger partial charge in [-0.1, -0.05) is 57.6 Å². The first-order valence-corrected chi connectivity index (χ1v) is 9.60. The Kier molecular flexibility index (Phi) is 8.50. The molecule has 1 heterocycles. The van der Waals surface area contributed by atoms with Crippen LogP contribution in [0, 0.1) is 5.92 Å². The molecular weight excluding hydrogens is 316 g/mol. The fourth-order valence-electron chi connectivity index (χ4n) is 3.06. The van der Waals surface area contributed by atoms with Crippen LogP contribution in [0.1, 0.15) is 75.1 Å². The van der Waals surface area contributed by atoms with Gasteiger partial charge in [0.1, 0.15) is 5.75 Å². The molecule has 1 atom stereocenters. The summed E-state index contributed by atoms with van der Waals surface area (Å²) in [5.74, 6) is -0.164. The lowest BCUT2D eigenvalue weighted by molar-refractivity contribution is -0.148. The number of hydrogen-bond donors (Lipinski definition) is 0. The van der Waals surface area contributed by atoms with Crippen molar-refractivity contribution in [1.29, 1.82) is 0 Å². The number of fused-ring (bicyclic) bond motifs is 1. The van der Waals surface area contributed by atoms with E-state index in [0.717, 1.165) is 25.7 Å². The minimum Gasteiger partial charge on any atom is -0.493 e. The van der Waals surface area contributed by atoms with Crippen molar-refractivity contribution in [2.75, 3.05) is 13.2 Å². The lowest BCUT2D eigenvalue weighted by Crippen LogP contribution is -2.19. The fourth-order valence-corrected chi connectivity index (χ4v) is 3.06. The largest absolute Gasteiger partial charge is 0.493 e. The lowest BCUT2D eigenvalue weighted by atomic mass is 9.99. The van der Waals surface area contributed by atoms with E-state index in [1.54, 1.807) is 13.0 Å². The molecule has 1 aliphatic heterocycles. The Morgan fingerprint density at radius 1 is 0.800 bits per heavy atom. The van der Waals surface area contributed by atoms with Gasteiger partial charge in [0, 0.05) is 6.42 Å². The second-order valence-electron chi connectivity index (χ2n) is 6.87. The lowest BCUT2D eigenvalue weighted by Gasteiger charge is -2.14. The second-order valence-corrected chi connectivity index (χ2v) is 6.87. The van der Waals surface area contributed by atoms with Gasteiger partial charge in [-0.25, -0.2) is 0 Å². The maximum absolute atomic E-state index is 12.6. The Balaban J connectivity index is 2.01. The highest BCUT2D eigenvalue weighted by molar-refractivity contribution is 6.00. The van der Waals surface area contributed by atoms with Crippen molar-refractivity contribution >= 4 is 11.8 Å². The van der Waals surface area contributed by atoms with Gasteiger partial charge in [0.2, 0.25) is 0 Å². The van der Waals surface area contributed by atoms with Crippen LogP contribution < -0.4 is 4.74 Å². The predicted molar refractivity (Wildman–Crippen MR) is 97.9 cm³/mol. The molecule has 0 saturated carbocycles. The molecule has 138 valence electrons. The van der Waals surface area contributed by atoms with Gasteiger partial charge in [-0.3, -0.25) is 9.59 Å². The molecule has 0 aromatic heterocycles. The number of cyclic esters (lactones) is 1. The van der Waals surface area contributed by atoms with E-state index in [2.05, 4.69) is 0 Å². The first kappa shape index (κ1) is 19.5. The standard InChI is InChI=1S/C21H30O4/c1-17-16-19(22)18-12-8-9-13-20(18)24-14-10-6-4-2-3-5-7-11-15-25-21(17)23/h8-9,12-13,17H,2-7,10-11,14-16H2,1H3. The van der Waals surface area contributed by atoms with Gasteiger partial charge in [-0.2, -0.15) is 0 Å². The Morgan fingerprint density at radius 3 is 2.04 bits per heavy atom. The number of para-hydroxylation sites is 1. The van der Waals surface area contributed by atoms with E-state index in [4.69, 9.17) is 9.47 Å². The van der Waals surface area contributed by atoms with E-state index in [1.807, 2.05) is 18.2 Å². The highest BCUT2D eigenvalue weighted by atomic mass is 16.5. The zero-order valence-electron chi connectivity index (χ0n) is 15.3. The van der Waals surface area contributed by atoms with Crippen molar-refractivity contribution in [3.8, 4) is 5.75 Å². The summed E-state index contributed by atoms with van der Waals surface area (Å²) in [5, 5.41) is 0. The second kappa shape index (κ2) is 10.9. The zero-order chi connectivity index (χ0) is 17.9. The van der Waals surface area contributed by atoms with Crippen LogP contribution in [-0.4, -0.2) is 25.0 Å². The molecule has 2 rings (SSSR count). The molecule has 0 N–H and O–H groups in total. The van der Waals surface area contributed by atoms with E-state index in [1.165, 1.54) is 25.7 Å². The van der Waals surface area contributed by atoms with Crippen molar-refractivity contribution < 1.29 is 19.1 Å². The maximum atomic E-state index is 12.6. The SMILES string of the molecule is CC1CC(=O)c2ccccc2OCCCCCCCCCCOC1=O. The van der Waals surface area contributed by atoms with Crippen molar-refractivity contribution in [3.63, 3.8) is 0 Å². The molecule has 0 amide bonds. The van der Waals surface area contributed by atoms with E-state index in [9.17, 15) is 9.59 Å². The topological polar surface area (TPSA) is 52.6 Å². The molecule has 0 radical (unpaired) electrons. The number of Topliss-reactive ketones (excluding diaryl/α,β-unsaturated/α-hetero) is 1. The first-order chi connectivity index (χ1) is 12.2. The first-order valence-electron chi connectivity index (χ1n) is 9.60. The molecule has 0 bridgehead atoms. The van der Waals surface area contributed by atoms with Crippen LogP contribution >= 0.6 is 0 Å². The highest BCUT2D eigenvalue weighted by Crippen LogP contribution is 2.22. The summed E-state index contributed by atoms with van der Waals surface area (Å²) in [7, 11) is 0. The van der Waals surface area contributed by atoms with Gasteiger partial charge < -0.3 is 9.47 Å². The van der Waals surface area contributed by atoms with Crippen molar-refractivity contribution in [2.24, 2.45) is 5.92 Å². The zero-order valence-corrected chi connectivity index (χ0v) is 15.3. The smallest absolute Gasteiger partial charge is 0.309 e. The predicted octanol–water partition coefficient (Wildman–Crippen LogP) is 4.95. The highest BCUT2D eigenvalue weighted by Gasteiger charge is 2.21. The average molecular weight is 346 g/mol. The van der Waals surface area contributed by atoms with Crippen molar-refractivity contribution in [3.05, 3.63) is 29.8 Å². The van der Waals surface area contributed by atoms with Crippen LogP contribution in [0.2, 0.25) is 0 Å². The van der Waals surface area contributed by atoms with Crippen LogP contribution in [0.4, 0.5) is 0 Å². The minimum absolute atomic E-state index is 0.0684. The molecule has 0 aliphatic carbocycles. The number of rotatable bonds is 0. The van der Waals surface area contributed by atoms with Crippen LogP contribution in [0.3, 0.4) is 0 Å². The molecular formula is C21H30O4. The quantitative estimate of drug-likeness (QED) is 0.624. The van der Waals surface area contributed by atoms with E-state index in [-0.39, 0.29) is 18.2 Å². The summed E-state index contributed by atoms with van der Waals surface area (Å²) in [5.41, 5.74) is 0.559.